The van der Waals surface area contributed by atoms with Gasteiger partial charge < -0.3 is 15.0 Å². The zero-order valence-electron chi connectivity index (χ0n) is 13.8. The molecule has 0 bridgehead atoms. The zero-order chi connectivity index (χ0) is 15.2. The van der Waals surface area contributed by atoms with Crippen molar-refractivity contribution >= 4 is 11.6 Å². The fraction of sp³-hybridized carbons (Fsp3) is 0.750. The van der Waals surface area contributed by atoms with E-state index in [0.29, 0.717) is 6.10 Å². The lowest BCUT2D eigenvalue weighted by molar-refractivity contribution is 0.0525. The maximum Gasteiger partial charge on any atom is 0.137 e. The van der Waals surface area contributed by atoms with E-state index in [9.17, 15) is 0 Å². The summed E-state index contributed by atoms with van der Waals surface area (Å²) in [4.78, 5) is 11.6. The number of ether oxygens (including phenoxy) is 1. The largest absolute Gasteiger partial charge is 0.377 e. The Bertz CT molecular complexity index is 462. The molecule has 1 saturated heterocycles. The Labute approximate surface area is 128 Å². The van der Waals surface area contributed by atoms with Crippen LogP contribution in [0.4, 0.5) is 11.6 Å². The van der Waals surface area contributed by atoms with Crippen LogP contribution in [0.2, 0.25) is 0 Å². The van der Waals surface area contributed by atoms with Crippen LogP contribution < -0.4 is 10.2 Å². The van der Waals surface area contributed by atoms with Gasteiger partial charge >= 0.3 is 0 Å². The van der Waals surface area contributed by atoms with Crippen LogP contribution in [0.15, 0.2) is 0 Å². The van der Waals surface area contributed by atoms with Crippen LogP contribution in [0.5, 0.6) is 0 Å². The summed E-state index contributed by atoms with van der Waals surface area (Å²) >= 11 is 0. The molecule has 0 saturated carbocycles. The summed E-state index contributed by atoms with van der Waals surface area (Å²) < 4.78 is 5.80. The summed E-state index contributed by atoms with van der Waals surface area (Å²) in [6, 6.07) is 0. The molecule has 1 atom stereocenters. The van der Waals surface area contributed by atoms with E-state index in [0.717, 1.165) is 68.5 Å². The van der Waals surface area contributed by atoms with Gasteiger partial charge in [-0.25, -0.2) is 9.97 Å². The first-order chi connectivity index (χ1) is 10.2. The lowest BCUT2D eigenvalue weighted by Gasteiger charge is -2.34. The molecule has 1 aliphatic rings. The van der Waals surface area contributed by atoms with E-state index in [4.69, 9.17) is 4.74 Å². The number of nitrogens with zero attached hydrogens (tertiary/aromatic N) is 3. The second kappa shape index (κ2) is 7.59. The molecule has 0 spiro atoms. The SMILES string of the molecule is CCCNc1nc(C)nc(N2CCCC(OCC)C2)c1C. The van der Waals surface area contributed by atoms with Gasteiger partial charge in [0, 0.05) is 31.8 Å². The quantitative estimate of drug-likeness (QED) is 0.873. The van der Waals surface area contributed by atoms with Gasteiger partial charge in [0.15, 0.2) is 0 Å². The Morgan fingerprint density at radius 2 is 2.10 bits per heavy atom. The molecule has 0 amide bonds. The lowest BCUT2D eigenvalue weighted by Crippen LogP contribution is -2.40. The summed E-state index contributed by atoms with van der Waals surface area (Å²) in [7, 11) is 0. The van der Waals surface area contributed by atoms with Crippen molar-refractivity contribution in [2.45, 2.75) is 53.1 Å². The molecule has 1 aliphatic heterocycles. The van der Waals surface area contributed by atoms with Gasteiger partial charge in [-0.2, -0.15) is 0 Å². The molecule has 1 unspecified atom stereocenters. The average molecular weight is 292 g/mol. The zero-order valence-corrected chi connectivity index (χ0v) is 13.8. The smallest absolute Gasteiger partial charge is 0.137 e. The van der Waals surface area contributed by atoms with E-state index < -0.39 is 0 Å². The average Bonchev–Trinajstić information content (AvgIpc) is 2.48. The summed E-state index contributed by atoms with van der Waals surface area (Å²) in [5.74, 6) is 2.86. The molecular formula is C16H28N4O. The maximum atomic E-state index is 5.80. The van der Waals surface area contributed by atoms with E-state index >= 15 is 0 Å². The molecule has 5 nitrogen and oxygen atoms in total. The number of aromatic nitrogens is 2. The van der Waals surface area contributed by atoms with Crippen molar-refractivity contribution in [2.24, 2.45) is 0 Å². The van der Waals surface area contributed by atoms with Gasteiger partial charge in [0.1, 0.15) is 17.5 Å². The van der Waals surface area contributed by atoms with Crippen LogP contribution in [0.1, 0.15) is 44.5 Å². The number of aryl methyl sites for hydroxylation is 1. The van der Waals surface area contributed by atoms with Crippen LogP contribution in [0.3, 0.4) is 0 Å². The van der Waals surface area contributed by atoms with Gasteiger partial charge in [-0.3, -0.25) is 0 Å². The van der Waals surface area contributed by atoms with E-state index in [1.54, 1.807) is 0 Å². The minimum Gasteiger partial charge on any atom is -0.377 e. The van der Waals surface area contributed by atoms with Crippen molar-refractivity contribution in [3.05, 3.63) is 11.4 Å². The topological polar surface area (TPSA) is 50.3 Å². The first-order valence-corrected chi connectivity index (χ1v) is 8.11. The Hall–Kier alpha value is -1.36. The van der Waals surface area contributed by atoms with Gasteiger partial charge in [-0.1, -0.05) is 6.92 Å². The fourth-order valence-corrected chi connectivity index (χ4v) is 2.84. The van der Waals surface area contributed by atoms with Crippen LogP contribution in [0, 0.1) is 13.8 Å². The van der Waals surface area contributed by atoms with E-state index in [-0.39, 0.29) is 0 Å². The van der Waals surface area contributed by atoms with Crippen LogP contribution in [-0.4, -0.2) is 42.3 Å². The van der Waals surface area contributed by atoms with Gasteiger partial charge in [0.25, 0.3) is 0 Å². The number of nitrogens with one attached hydrogen (secondary N) is 1. The number of hydrogen-bond acceptors (Lipinski definition) is 5. The van der Waals surface area contributed by atoms with E-state index in [1.807, 2.05) is 6.92 Å². The summed E-state index contributed by atoms with van der Waals surface area (Å²) in [5, 5.41) is 3.41. The molecule has 0 radical (unpaired) electrons. The normalized spacial score (nSPS) is 18.9. The fourth-order valence-electron chi connectivity index (χ4n) is 2.84. The van der Waals surface area contributed by atoms with Crippen LogP contribution in [-0.2, 0) is 4.74 Å². The van der Waals surface area contributed by atoms with Crippen LogP contribution in [0.25, 0.3) is 0 Å². The molecular weight excluding hydrogens is 264 g/mol. The summed E-state index contributed by atoms with van der Waals surface area (Å²) in [5.41, 5.74) is 1.14. The van der Waals surface area contributed by atoms with Crippen LogP contribution >= 0.6 is 0 Å². The monoisotopic (exact) mass is 292 g/mol. The third-order valence-corrected chi connectivity index (χ3v) is 3.85. The van der Waals surface area contributed by atoms with Crippen molar-refractivity contribution in [1.29, 1.82) is 0 Å². The highest BCUT2D eigenvalue weighted by Crippen LogP contribution is 2.26. The number of anilines is 2. The highest BCUT2D eigenvalue weighted by atomic mass is 16.5. The molecule has 1 N–H and O–H groups in total. The first-order valence-electron chi connectivity index (χ1n) is 8.11. The van der Waals surface area contributed by atoms with Crippen molar-refractivity contribution in [3.63, 3.8) is 0 Å². The molecule has 1 fully saturated rings. The molecule has 21 heavy (non-hydrogen) atoms. The predicted molar refractivity (Wildman–Crippen MR) is 87.1 cm³/mol. The Morgan fingerprint density at radius 1 is 1.29 bits per heavy atom. The molecule has 0 aromatic carbocycles. The molecule has 5 heteroatoms. The van der Waals surface area contributed by atoms with E-state index in [1.165, 1.54) is 0 Å². The lowest BCUT2D eigenvalue weighted by atomic mass is 10.1. The third kappa shape index (κ3) is 4.06. The summed E-state index contributed by atoms with van der Waals surface area (Å²) in [6.45, 7) is 12.0. The van der Waals surface area contributed by atoms with Gasteiger partial charge in [0.2, 0.25) is 0 Å². The summed E-state index contributed by atoms with van der Waals surface area (Å²) in [6.07, 6.45) is 3.72. The highest BCUT2D eigenvalue weighted by Gasteiger charge is 2.23. The second-order valence-corrected chi connectivity index (χ2v) is 5.66. The van der Waals surface area contributed by atoms with Gasteiger partial charge in [-0.05, 0) is 40.0 Å². The van der Waals surface area contributed by atoms with Crippen molar-refractivity contribution in [1.82, 2.24) is 9.97 Å². The van der Waals surface area contributed by atoms with E-state index in [2.05, 4.69) is 41.0 Å². The Kier molecular flexibility index (Phi) is 5.79. The number of rotatable bonds is 6. The van der Waals surface area contributed by atoms with Crippen molar-refractivity contribution < 1.29 is 4.74 Å². The maximum absolute atomic E-state index is 5.80. The molecule has 1 aromatic rings. The minimum atomic E-state index is 0.325. The van der Waals surface area contributed by atoms with Crippen molar-refractivity contribution in [2.75, 3.05) is 36.5 Å². The van der Waals surface area contributed by atoms with Crippen molar-refractivity contribution in [3.8, 4) is 0 Å². The highest BCUT2D eigenvalue weighted by molar-refractivity contribution is 5.58. The third-order valence-electron chi connectivity index (χ3n) is 3.85. The molecule has 1 aromatic heterocycles. The minimum absolute atomic E-state index is 0.325. The Morgan fingerprint density at radius 3 is 2.81 bits per heavy atom. The Balaban J connectivity index is 2.19. The van der Waals surface area contributed by atoms with Gasteiger partial charge in [-0.15, -0.1) is 0 Å². The molecule has 2 heterocycles. The molecule has 2 rings (SSSR count). The van der Waals surface area contributed by atoms with Gasteiger partial charge in [0.05, 0.1) is 6.10 Å². The number of piperidine rings is 1. The molecule has 118 valence electrons. The second-order valence-electron chi connectivity index (χ2n) is 5.66. The first kappa shape index (κ1) is 16.0. The standard InChI is InChI=1S/C16H28N4O/c1-5-9-17-15-12(3)16(19-13(4)18-15)20-10-7-8-14(11-20)21-6-2/h14H,5-11H2,1-4H3,(H,17,18,19). The predicted octanol–water partition coefficient (Wildman–Crippen LogP) is 2.92. The molecule has 0 aliphatic carbocycles. The number of hydrogen-bond donors (Lipinski definition) is 1.